The van der Waals surface area contributed by atoms with Gasteiger partial charge in [-0.25, -0.2) is 9.97 Å². The minimum atomic E-state index is 0.702. The van der Waals surface area contributed by atoms with Gasteiger partial charge in [0.2, 0.25) is 0 Å². The van der Waals surface area contributed by atoms with Gasteiger partial charge in [0, 0.05) is 32.7 Å². The Morgan fingerprint density at radius 1 is 0.419 bits per heavy atom. The molecule has 0 N–H and O–H groups in total. The fourth-order valence-corrected chi connectivity index (χ4v) is 6.35. The number of hydrogen-bond acceptors (Lipinski definition) is 3. The smallest absolute Gasteiger partial charge is 0.161 e. The van der Waals surface area contributed by atoms with Crippen LogP contribution in [0.5, 0.6) is 0 Å². The lowest BCUT2D eigenvalue weighted by Crippen LogP contribution is -1.96. The van der Waals surface area contributed by atoms with E-state index in [0.717, 1.165) is 66.0 Å². The predicted octanol–water partition coefficient (Wildman–Crippen LogP) is 10.8. The normalized spacial score (nSPS) is 11.7. The van der Waals surface area contributed by atoms with Crippen molar-refractivity contribution in [3.63, 3.8) is 0 Å². The Morgan fingerprint density at radius 2 is 1.14 bits per heavy atom. The zero-order valence-electron chi connectivity index (χ0n) is 23.2. The average Bonchev–Trinajstić information content (AvgIpc) is 3.46. The quantitative estimate of drug-likeness (QED) is 0.220. The van der Waals surface area contributed by atoms with Crippen molar-refractivity contribution in [2.75, 3.05) is 0 Å². The Hall–Kier alpha value is -5.80. The summed E-state index contributed by atoms with van der Waals surface area (Å²) >= 11 is 0. The van der Waals surface area contributed by atoms with Crippen molar-refractivity contribution in [3.8, 4) is 33.8 Å². The first kappa shape index (κ1) is 23.9. The largest absolute Gasteiger partial charge is 0.455 e. The molecule has 0 amide bonds. The monoisotopic (exact) mass is 548 g/mol. The van der Waals surface area contributed by atoms with Gasteiger partial charge in [-0.2, -0.15) is 0 Å². The zero-order valence-corrected chi connectivity index (χ0v) is 23.2. The van der Waals surface area contributed by atoms with E-state index in [1.165, 1.54) is 16.3 Å². The van der Waals surface area contributed by atoms with Crippen LogP contribution in [-0.2, 0) is 0 Å². The van der Waals surface area contributed by atoms with Crippen molar-refractivity contribution in [2.24, 2.45) is 0 Å². The Morgan fingerprint density at radius 3 is 2.02 bits per heavy atom. The molecule has 0 unspecified atom stereocenters. The Labute approximate surface area is 247 Å². The van der Waals surface area contributed by atoms with Crippen molar-refractivity contribution in [1.29, 1.82) is 0 Å². The number of fused-ring (bicyclic) bond motifs is 7. The van der Waals surface area contributed by atoms with E-state index in [0.29, 0.717) is 5.82 Å². The van der Waals surface area contributed by atoms with Crippen LogP contribution in [0.15, 0.2) is 150 Å². The van der Waals surface area contributed by atoms with Crippen LogP contribution in [-0.4, -0.2) is 9.97 Å². The van der Waals surface area contributed by atoms with E-state index in [-0.39, 0.29) is 0 Å². The minimum absolute atomic E-state index is 0.702. The molecule has 0 aliphatic heterocycles. The molecule has 2 aromatic heterocycles. The fraction of sp³-hybridized carbons (Fsp3) is 0. The number of rotatable bonds is 3. The topological polar surface area (TPSA) is 38.9 Å². The molecule has 9 aromatic rings. The van der Waals surface area contributed by atoms with E-state index < -0.39 is 0 Å². The first-order valence-corrected chi connectivity index (χ1v) is 14.5. The number of benzene rings is 7. The van der Waals surface area contributed by atoms with Crippen molar-refractivity contribution in [2.45, 2.75) is 0 Å². The van der Waals surface area contributed by atoms with Crippen molar-refractivity contribution < 1.29 is 4.42 Å². The summed E-state index contributed by atoms with van der Waals surface area (Å²) < 4.78 is 6.51. The average molecular weight is 549 g/mol. The van der Waals surface area contributed by atoms with Crippen LogP contribution in [0.4, 0.5) is 0 Å². The second-order valence-electron chi connectivity index (χ2n) is 11.0. The van der Waals surface area contributed by atoms with Gasteiger partial charge in [-0.3, -0.25) is 0 Å². The molecule has 0 atom stereocenters. The summed E-state index contributed by atoms with van der Waals surface area (Å²) in [7, 11) is 0. The number of para-hydroxylation sites is 1. The molecule has 0 aliphatic rings. The summed E-state index contributed by atoms with van der Waals surface area (Å²) in [6.45, 7) is 0. The molecule has 0 spiro atoms. The van der Waals surface area contributed by atoms with Gasteiger partial charge in [0.1, 0.15) is 11.2 Å². The van der Waals surface area contributed by atoms with Crippen LogP contribution in [0.2, 0.25) is 0 Å². The molecule has 3 nitrogen and oxygen atoms in total. The molecule has 0 saturated heterocycles. The van der Waals surface area contributed by atoms with E-state index in [1.54, 1.807) is 0 Å². The SMILES string of the molecule is c1ccc(-c2ccc3oc4c5ccccc5c(-c5nc(-c6ccc7ccccc7c6)c6ccccc6n5)cc4c3c2)cc1. The second kappa shape index (κ2) is 9.37. The first-order valence-electron chi connectivity index (χ1n) is 14.5. The number of hydrogen-bond donors (Lipinski definition) is 0. The van der Waals surface area contributed by atoms with Gasteiger partial charge >= 0.3 is 0 Å². The van der Waals surface area contributed by atoms with Gasteiger partial charge in [-0.15, -0.1) is 0 Å². The van der Waals surface area contributed by atoms with Gasteiger partial charge in [0.15, 0.2) is 5.82 Å². The van der Waals surface area contributed by atoms with E-state index in [1.807, 2.05) is 12.1 Å². The standard InChI is InChI=1S/C40H24N2O/c1-2-10-25(11-3-1)28-20-21-37-33(23-28)34-24-35(30-14-6-7-15-31(30)39(34)43-37)40-41-36-17-9-8-16-32(36)38(42-40)29-19-18-26-12-4-5-13-27(26)22-29/h1-24H. The maximum atomic E-state index is 6.51. The van der Waals surface area contributed by atoms with E-state index in [4.69, 9.17) is 14.4 Å². The van der Waals surface area contributed by atoms with Gasteiger partial charge in [-0.05, 0) is 57.6 Å². The van der Waals surface area contributed by atoms with Crippen LogP contribution in [0, 0.1) is 0 Å². The molecule has 9 rings (SSSR count). The Bertz CT molecular complexity index is 2510. The number of furan rings is 1. The van der Waals surface area contributed by atoms with Gasteiger partial charge < -0.3 is 4.42 Å². The molecular formula is C40H24N2O. The number of aromatic nitrogens is 2. The highest BCUT2D eigenvalue weighted by atomic mass is 16.3. The molecule has 7 aromatic carbocycles. The van der Waals surface area contributed by atoms with Crippen LogP contribution < -0.4 is 0 Å². The van der Waals surface area contributed by atoms with Gasteiger partial charge in [0.05, 0.1) is 11.2 Å². The van der Waals surface area contributed by atoms with Crippen LogP contribution >= 0.6 is 0 Å². The minimum Gasteiger partial charge on any atom is -0.455 e. The molecule has 0 saturated carbocycles. The summed E-state index contributed by atoms with van der Waals surface area (Å²) in [6, 6.07) is 50.8. The Balaban J connectivity index is 1.33. The summed E-state index contributed by atoms with van der Waals surface area (Å²) in [5.74, 6) is 0.702. The molecule has 43 heavy (non-hydrogen) atoms. The van der Waals surface area contributed by atoms with Crippen molar-refractivity contribution in [1.82, 2.24) is 9.97 Å². The molecule has 0 fully saturated rings. The molecule has 0 aliphatic carbocycles. The lowest BCUT2D eigenvalue weighted by molar-refractivity contribution is 0.673. The van der Waals surface area contributed by atoms with Gasteiger partial charge in [0.25, 0.3) is 0 Å². The van der Waals surface area contributed by atoms with Crippen LogP contribution in [0.1, 0.15) is 0 Å². The maximum absolute atomic E-state index is 6.51. The van der Waals surface area contributed by atoms with Crippen LogP contribution in [0.3, 0.4) is 0 Å². The molecule has 200 valence electrons. The summed E-state index contributed by atoms with van der Waals surface area (Å²) in [5, 5.41) is 7.70. The lowest BCUT2D eigenvalue weighted by atomic mass is 9.97. The summed E-state index contributed by atoms with van der Waals surface area (Å²) in [5.41, 5.74) is 8.00. The van der Waals surface area contributed by atoms with Gasteiger partial charge in [-0.1, -0.05) is 115 Å². The maximum Gasteiger partial charge on any atom is 0.161 e. The zero-order chi connectivity index (χ0) is 28.3. The second-order valence-corrected chi connectivity index (χ2v) is 11.0. The third-order valence-electron chi connectivity index (χ3n) is 8.45. The molecule has 0 radical (unpaired) electrons. The van der Waals surface area contributed by atoms with E-state index >= 15 is 0 Å². The molecule has 3 heteroatoms. The third-order valence-corrected chi connectivity index (χ3v) is 8.45. The van der Waals surface area contributed by atoms with Crippen LogP contribution in [0.25, 0.3) is 88.2 Å². The molecule has 0 bridgehead atoms. The summed E-state index contributed by atoms with van der Waals surface area (Å²) in [6.07, 6.45) is 0. The van der Waals surface area contributed by atoms with Crippen molar-refractivity contribution in [3.05, 3.63) is 146 Å². The van der Waals surface area contributed by atoms with Crippen molar-refractivity contribution >= 4 is 54.4 Å². The highest BCUT2D eigenvalue weighted by molar-refractivity contribution is 6.19. The fourth-order valence-electron chi connectivity index (χ4n) is 6.35. The van der Waals surface area contributed by atoms with E-state index in [2.05, 4.69) is 133 Å². The predicted molar refractivity (Wildman–Crippen MR) is 178 cm³/mol. The van der Waals surface area contributed by atoms with E-state index in [9.17, 15) is 0 Å². The summed E-state index contributed by atoms with van der Waals surface area (Å²) in [4.78, 5) is 10.4. The molecule has 2 heterocycles. The Kier molecular flexibility index (Phi) is 5.20. The first-order chi connectivity index (χ1) is 21.3. The molecular weight excluding hydrogens is 524 g/mol. The third kappa shape index (κ3) is 3.83. The number of nitrogens with zero attached hydrogens (tertiary/aromatic N) is 2. The lowest BCUT2D eigenvalue weighted by Gasteiger charge is -2.12. The highest BCUT2D eigenvalue weighted by Crippen LogP contribution is 2.41. The highest BCUT2D eigenvalue weighted by Gasteiger charge is 2.19.